The third-order valence-corrected chi connectivity index (χ3v) is 7.75. The molecule has 0 aromatic heterocycles. The molecular formula is C16H30N2O4S. The SMILES string of the molecule is CN(C)S(=O)(=O)N1CCC2(CCOCC2COCC2CC2)CC1. The van der Waals surface area contributed by atoms with Gasteiger partial charge in [-0.1, -0.05) is 0 Å². The van der Waals surface area contributed by atoms with Crippen LogP contribution in [0, 0.1) is 17.3 Å². The summed E-state index contributed by atoms with van der Waals surface area (Å²) >= 11 is 0. The molecule has 134 valence electrons. The molecular weight excluding hydrogens is 316 g/mol. The highest BCUT2D eigenvalue weighted by Gasteiger charge is 2.45. The van der Waals surface area contributed by atoms with E-state index < -0.39 is 10.2 Å². The van der Waals surface area contributed by atoms with Gasteiger partial charge in [0.25, 0.3) is 10.2 Å². The molecule has 0 bridgehead atoms. The molecule has 3 aliphatic rings. The van der Waals surface area contributed by atoms with Crippen molar-refractivity contribution in [3.8, 4) is 0 Å². The van der Waals surface area contributed by atoms with Crippen molar-refractivity contribution in [2.75, 3.05) is 53.6 Å². The van der Waals surface area contributed by atoms with Gasteiger partial charge in [-0.2, -0.15) is 17.0 Å². The van der Waals surface area contributed by atoms with Crippen molar-refractivity contribution in [3.63, 3.8) is 0 Å². The molecule has 1 spiro atoms. The van der Waals surface area contributed by atoms with E-state index in [-0.39, 0.29) is 5.41 Å². The van der Waals surface area contributed by atoms with E-state index >= 15 is 0 Å². The van der Waals surface area contributed by atoms with E-state index in [1.165, 1.54) is 17.1 Å². The van der Waals surface area contributed by atoms with Gasteiger partial charge in [0.2, 0.25) is 0 Å². The van der Waals surface area contributed by atoms with Crippen LogP contribution in [0.3, 0.4) is 0 Å². The summed E-state index contributed by atoms with van der Waals surface area (Å²) in [5, 5.41) is 0. The van der Waals surface area contributed by atoms with Crippen molar-refractivity contribution in [3.05, 3.63) is 0 Å². The lowest BCUT2D eigenvalue weighted by Crippen LogP contribution is -2.52. The zero-order valence-electron chi connectivity index (χ0n) is 14.4. The lowest BCUT2D eigenvalue weighted by atomic mass is 9.66. The van der Waals surface area contributed by atoms with Gasteiger partial charge in [-0.25, -0.2) is 0 Å². The topological polar surface area (TPSA) is 59.1 Å². The van der Waals surface area contributed by atoms with Gasteiger partial charge in [-0.05, 0) is 43.4 Å². The highest BCUT2D eigenvalue weighted by atomic mass is 32.2. The molecule has 23 heavy (non-hydrogen) atoms. The molecule has 3 rings (SSSR count). The lowest BCUT2D eigenvalue weighted by molar-refractivity contribution is -0.0950. The molecule has 2 heterocycles. The molecule has 1 saturated carbocycles. The van der Waals surface area contributed by atoms with Crippen LogP contribution in [-0.4, -0.2) is 70.6 Å². The molecule has 0 radical (unpaired) electrons. The molecule has 3 fully saturated rings. The van der Waals surface area contributed by atoms with Crippen molar-refractivity contribution in [1.82, 2.24) is 8.61 Å². The maximum absolute atomic E-state index is 12.3. The van der Waals surface area contributed by atoms with E-state index in [0.717, 1.165) is 51.6 Å². The van der Waals surface area contributed by atoms with E-state index in [0.29, 0.717) is 19.0 Å². The maximum atomic E-state index is 12.3. The number of hydrogen-bond acceptors (Lipinski definition) is 4. The predicted octanol–water partition coefficient (Wildman–Crippen LogP) is 1.34. The summed E-state index contributed by atoms with van der Waals surface area (Å²) in [7, 11) is -0.0888. The first-order valence-corrected chi connectivity index (χ1v) is 10.2. The highest BCUT2D eigenvalue weighted by molar-refractivity contribution is 7.86. The van der Waals surface area contributed by atoms with Gasteiger partial charge < -0.3 is 9.47 Å². The van der Waals surface area contributed by atoms with Gasteiger partial charge in [-0.3, -0.25) is 0 Å². The first-order valence-electron chi connectivity index (χ1n) is 8.77. The van der Waals surface area contributed by atoms with Gasteiger partial charge in [0.05, 0.1) is 13.2 Å². The van der Waals surface area contributed by atoms with E-state index in [1.54, 1.807) is 18.4 Å². The Hall–Kier alpha value is -0.210. The quantitative estimate of drug-likeness (QED) is 0.728. The van der Waals surface area contributed by atoms with E-state index in [9.17, 15) is 8.42 Å². The summed E-state index contributed by atoms with van der Waals surface area (Å²) in [6.45, 7) is 4.41. The third kappa shape index (κ3) is 3.90. The minimum atomic E-state index is -3.29. The molecule has 6 nitrogen and oxygen atoms in total. The largest absolute Gasteiger partial charge is 0.381 e. The lowest BCUT2D eigenvalue weighted by Gasteiger charge is -2.48. The van der Waals surface area contributed by atoms with Crippen molar-refractivity contribution < 1.29 is 17.9 Å². The zero-order valence-corrected chi connectivity index (χ0v) is 15.2. The van der Waals surface area contributed by atoms with Gasteiger partial charge in [0.15, 0.2) is 0 Å². The molecule has 0 N–H and O–H groups in total. The van der Waals surface area contributed by atoms with Gasteiger partial charge in [0.1, 0.15) is 0 Å². The van der Waals surface area contributed by atoms with Crippen LogP contribution in [-0.2, 0) is 19.7 Å². The minimum Gasteiger partial charge on any atom is -0.381 e. The fourth-order valence-electron chi connectivity index (χ4n) is 3.82. The van der Waals surface area contributed by atoms with Crippen LogP contribution in [0.25, 0.3) is 0 Å². The number of rotatable bonds is 6. The second-order valence-electron chi connectivity index (χ2n) is 7.55. The normalized spacial score (nSPS) is 29.3. The Balaban J connectivity index is 1.58. The Kier molecular flexibility index (Phi) is 5.33. The summed E-state index contributed by atoms with van der Waals surface area (Å²) < 4.78 is 39.2. The third-order valence-electron chi connectivity index (χ3n) is 5.80. The Morgan fingerprint density at radius 3 is 2.48 bits per heavy atom. The Bertz CT molecular complexity index is 496. The van der Waals surface area contributed by atoms with E-state index in [2.05, 4.69) is 0 Å². The van der Waals surface area contributed by atoms with E-state index in [1.807, 2.05) is 0 Å². The standard InChI is InChI=1S/C16H30N2O4S/c1-17(2)23(19,20)18-8-5-16(6-9-18)7-10-21-12-15(16)13-22-11-14-3-4-14/h14-15H,3-13H2,1-2H3. The summed E-state index contributed by atoms with van der Waals surface area (Å²) in [6, 6.07) is 0. The first-order chi connectivity index (χ1) is 10.9. The van der Waals surface area contributed by atoms with Crippen molar-refractivity contribution in [2.45, 2.75) is 32.1 Å². The molecule has 0 aromatic carbocycles. The van der Waals surface area contributed by atoms with Crippen molar-refractivity contribution >= 4 is 10.2 Å². The van der Waals surface area contributed by atoms with Crippen LogP contribution in [0.4, 0.5) is 0 Å². The fourth-order valence-corrected chi connectivity index (χ4v) is 4.93. The monoisotopic (exact) mass is 346 g/mol. The fraction of sp³-hybridized carbons (Fsp3) is 1.00. The second-order valence-corrected chi connectivity index (χ2v) is 9.70. The smallest absolute Gasteiger partial charge is 0.281 e. The van der Waals surface area contributed by atoms with Crippen molar-refractivity contribution in [2.24, 2.45) is 17.3 Å². The summed E-state index contributed by atoms with van der Waals surface area (Å²) in [4.78, 5) is 0. The number of ether oxygens (including phenoxy) is 2. The molecule has 0 aromatic rings. The molecule has 1 atom stereocenters. The number of nitrogens with zero attached hydrogens (tertiary/aromatic N) is 2. The average molecular weight is 346 g/mol. The zero-order chi connectivity index (χ0) is 16.5. The summed E-state index contributed by atoms with van der Waals surface area (Å²) in [5.41, 5.74) is 0.195. The molecule has 7 heteroatoms. The van der Waals surface area contributed by atoms with Gasteiger partial charge >= 0.3 is 0 Å². The van der Waals surface area contributed by atoms with Crippen LogP contribution in [0.1, 0.15) is 32.1 Å². The molecule has 1 aliphatic carbocycles. The average Bonchev–Trinajstić information content (AvgIpc) is 3.34. The van der Waals surface area contributed by atoms with Crippen LogP contribution in [0.2, 0.25) is 0 Å². The Labute approximate surface area is 140 Å². The highest BCUT2D eigenvalue weighted by Crippen LogP contribution is 2.45. The van der Waals surface area contributed by atoms with Gasteiger partial charge in [0, 0.05) is 46.3 Å². The predicted molar refractivity (Wildman–Crippen MR) is 88.3 cm³/mol. The van der Waals surface area contributed by atoms with Crippen LogP contribution >= 0.6 is 0 Å². The Morgan fingerprint density at radius 2 is 1.87 bits per heavy atom. The van der Waals surface area contributed by atoms with Crippen molar-refractivity contribution in [1.29, 1.82) is 0 Å². The number of piperidine rings is 1. The molecule has 2 saturated heterocycles. The summed E-state index contributed by atoms with van der Waals surface area (Å²) in [6.07, 6.45) is 5.48. The number of hydrogen-bond donors (Lipinski definition) is 0. The van der Waals surface area contributed by atoms with Crippen LogP contribution in [0.5, 0.6) is 0 Å². The second kappa shape index (κ2) is 6.96. The first kappa shape index (κ1) is 17.6. The maximum Gasteiger partial charge on any atom is 0.281 e. The summed E-state index contributed by atoms with van der Waals surface area (Å²) in [5.74, 6) is 1.18. The van der Waals surface area contributed by atoms with Crippen LogP contribution < -0.4 is 0 Å². The molecule has 1 unspecified atom stereocenters. The molecule has 2 aliphatic heterocycles. The minimum absolute atomic E-state index is 0.195. The van der Waals surface area contributed by atoms with Gasteiger partial charge in [-0.15, -0.1) is 0 Å². The van der Waals surface area contributed by atoms with E-state index in [4.69, 9.17) is 9.47 Å². The molecule has 0 amide bonds. The Morgan fingerprint density at radius 1 is 1.17 bits per heavy atom. The van der Waals surface area contributed by atoms with Crippen LogP contribution in [0.15, 0.2) is 0 Å².